The van der Waals surface area contributed by atoms with Gasteiger partial charge >= 0.3 is 7.69 Å². The van der Waals surface area contributed by atoms with Crippen molar-refractivity contribution in [3.05, 3.63) is 0 Å². The van der Waals surface area contributed by atoms with Crippen LogP contribution >= 0.6 is 0 Å². The molecule has 1 heterocycles. The molecule has 1 saturated heterocycles. The van der Waals surface area contributed by atoms with Gasteiger partial charge in [0.05, 0.1) is 11.7 Å². The first-order valence-electron chi connectivity index (χ1n) is 5.19. The summed E-state index contributed by atoms with van der Waals surface area (Å²) in [7, 11) is 1.56. The second-order valence-electron chi connectivity index (χ2n) is 5.65. The molecule has 0 N–H and O–H groups in total. The van der Waals surface area contributed by atoms with Crippen LogP contribution in [-0.2, 0) is 9.31 Å². The fourth-order valence-corrected chi connectivity index (χ4v) is 3.50. The van der Waals surface area contributed by atoms with Crippen molar-refractivity contribution in [2.75, 3.05) is 0 Å². The van der Waals surface area contributed by atoms with E-state index in [1.165, 1.54) is 6.42 Å². The SMILES string of the molecule is CC1(C)C2CC1[C@H]1O[B]O[C@@]1(C)C2. The molecular formula is C10H16BO2. The van der Waals surface area contributed by atoms with Gasteiger partial charge in [-0.05, 0) is 37.0 Å². The van der Waals surface area contributed by atoms with Crippen molar-refractivity contribution in [2.24, 2.45) is 17.3 Å². The largest absolute Gasteiger partial charge is 0.488 e. The van der Waals surface area contributed by atoms with Crippen molar-refractivity contribution in [1.82, 2.24) is 0 Å². The molecule has 4 rings (SSSR count). The molecule has 2 unspecified atom stereocenters. The minimum absolute atomic E-state index is 0.0108. The van der Waals surface area contributed by atoms with Crippen molar-refractivity contribution in [3.8, 4) is 0 Å². The number of rotatable bonds is 0. The van der Waals surface area contributed by atoms with E-state index in [4.69, 9.17) is 9.31 Å². The first kappa shape index (κ1) is 8.31. The Balaban J connectivity index is 1.94. The first-order valence-corrected chi connectivity index (χ1v) is 5.19. The molecule has 2 nitrogen and oxygen atoms in total. The Kier molecular flexibility index (Phi) is 1.37. The van der Waals surface area contributed by atoms with Gasteiger partial charge in [-0.25, -0.2) is 0 Å². The van der Waals surface area contributed by atoms with Gasteiger partial charge in [-0.15, -0.1) is 0 Å². The summed E-state index contributed by atoms with van der Waals surface area (Å²) in [5.41, 5.74) is 0.467. The van der Waals surface area contributed by atoms with Gasteiger partial charge in [0.1, 0.15) is 0 Å². The molecule has 3 aliphatic carbocycles. The summed E-state index contributed by atoms with van der Waals surface area (Å²) >= 11 is 0. The van der Waals surface area contributed by atoms with E-state index in [1.54, 1.807) is 7.69 Å². The standard InChI is InChI=1S/C10H16BO2/c1-9(2)6-4-7(9)8-10(3,5-6)13-11-12-8/h6-8H,4-5H2,1-3H3/t6?,7?,8-,10+/m1/s1. The van der Waals surface area contributed by atoms with Gasteiger partial charge in [0, 0.05) is 0 Å². The molecule has 0 aromatic carbocycles. The molecular weight excluding hydrogens is 163 g/mol. The Hall–Kier alpha value is -0.0151. The zero-order chi connectivity index (χ0) is 9.27. The lowest BCUT2D eigenvalue weighted by Gasteiger charge is -2.63. The van der Waals surface area contributed by atoms with Crippen LogP contribution < -0.4 is 0 Å². The van der Waals surface area contributed by atoms with E-state index in [0.29, 0.717) is 17.4 Å². The van der Waals surface area contributed by atoms with Crippen LogP contribution in [-0.4, -0.2) is 19.4 Å². The van der Waals surface area contributed by atoms with Crippen LogP contribution in [0.5, 0.6) is 0 Å². The summed E-state index contributed by atoms with van der Waals surface area (Å²) in [6.45, 7) is 6.93. The van der Waals surface area contributed by atoms with Crippen LogP contribution in [0.15, 0.2) is 0 Å². The smallest absolute Gasteiger partial charge is 0.407 e. The topological polar surface area (TPSA) is 18.5 Å². The van der Waals surface area contributed by atoms with E-state index in [0.717, 1.165) is 12.3 Å². The van der Waals surface area contributed by atoms with E-state index in [1.807, 2.05) is 0 Å². The molecule has 1 radical (unpaired) electrons. The van der Waals surface area contributed by atoms with Crippen LogP contribution in [0.2, 0.25) is 0 Å². The molecule has 0 aromatic rings. The van der Waals surface area contributed by atoms with Crippen molar-refractivity contribution in [2.45, 2.75) is 45.3 Å². The molecule has 4 atom stereocenters. The Bertz CT molecular complexity index is 253. The molecule has 4 fully saturated rings. The Morgan fingerprint density at radius 1 is 1.31 bits per heavy atom. The van der Waals surface area contributed by atoms with E-state index in [-0.39, 0.29) is 5.60 Å². The molecule has 71 valence electrons. The lowest BCUT2D eigenvalue weighted by atomic mass is 9.45. The maximum atomic E-state index is 5.60. The van der Waals surface area contributed by atoms with Gasteiger partial charge in [0.25, 0.3) is 0 Å². The molecule has 3 saturated carbocycles. The fourth-order valence-electron chi connectivity index (χ4n) is 3.50. The summed E-state index contributed by atoms with van der Waals surface area (Å²) in [5.74, 6) is 1.55. The summed E-state index contributed by atoms with van der Waals surface area (Å²) in [6, 6.07) is 0. The average molecular weight is 179 g/mol. The highest BCUT2D eigenvalue weighted by atomic mass is 16.6. The van der Waals surface area contributed by atoms with Gasteiger partial charge < -0.3 is 9.31 Å². The van der Waals surface area contributed by atoms with Gasteiger partial charge in [0.2, 0.25) is 0 Å². The summed E-state index contributed by atoms with van der Waals surface area (Å²) < 4.78 is 11.2. The van der Waals surface area contributed by atoms with Gasteiger partial charge in [-0.1, -0.05) is 13.8 Å². The van der Waals surface area contributed by atoms with Crippen LogP contribution in [0.25, 0.3) is 0 Å². The minimum atomic E-state index is -0.0108. The summed E-state index contributed by atoms with van der Waals surface area (Å²) in [6.07, 6.45) is 2.81. The molecule has 0 spiro atoms. The summed E-state index contributed by atoms with van der Waals surface area (Å²) in [5, 5.41) is 0. The molecule has 4 aliphatic rings. The van der Waals surface area contributed by atoms with Crippen LogP contribution in [0.3, 0.4) is 0 Å². The second kappa shape index (κ2) is 2.14. The minimum Gasteiger partial charge on any atom is -0.407 e. The zero-order valence-corrected chi connectivity index (χ0v) is 8.54. The molecule has 3 heteroatoms. The predicted molar refractivity (Wildman–Crippen MR) is 50.1 cm³/mol. The third-order valence-corrected chi connectivity index (χ3v) is 4.68. The van der Waals surface area contributed by atoms with Gasteiger partial charge in [0.15, 0.2) is 0 Å². The van der Waals surface area contributed by atoms with Crippen LogP contribution in [0.1, 0.15) is 33.6 Å². The average Bonchev–Trinajstić information content (AvgIpc) is 2.44. The highest BCUT2D eigenvalue weighted by Gasteiger charge is 2.64. The van der Waals surface area contributed by atoms with Crippen molar-refractivity contribution < 1.29 is 9.31 Å². The number of hydrogen-bond acceptors (Lipinski definition) is 2. The molecule has 13 heavy (non-hydrogen) atoms. The van der Waals surface area contributed by atoms with Crippen molar-refractivity contribution in [3.63, 3.8) is 0 Å². The van der Waals surface area contributed by atoms with E-state index >= 15 is 0 Å². The van der Waals surface area contributed by atoms with E-state index in [2.05, 4.69) is 20.8 Å². The second-order valence-corrected chi connectivity index (χ2v) is 5.65. The van der Waals surface area contributed by atoms with E-state index < -0.39 is 0 Å². The third-order valence-electron chi connectivity index (χ3n) is 4.68. The normalized spacial score (nSPS) is 56.4. The number of hydrogen-bond donors (Lipinski definition) is 0. The van der Waals surface area contributed by atoms with Crippen molar-refractivity contribution >= 4 is 7.69 Å². The predicted octanol–water partition coefficient (Wildman–Crippen LogP) is 1.76. The molecule has 0 aromatic heterocycles. The van der Waals surface area contributed by atoms with Crippen molar-refractivity contribution in [1.29, 1.82) is 0 Å². The Morgan fingerprint density at radius 2 is 2.08 bits per heavy atom. The zero-order valence-electron chi connectivity index (χ0n) is 8.54. The van der Waals surface area contributed by atoms with Crippen LogP contribution in [0.4, 0.5) is 0 Å². The highest BCUT2D eigenvalue weighted by Crippen LogP contribution is 2.64. The lowest BCUT2D eigenvalue weighted by Crippen LogP contribution is -2.63. The summed E-state index contributed by atoms with van der Waals surface area (Å²) in [4.78, 5) is 0. The first-order chi connectivity index (χ1) is 6.04. The van der Waals surface area contributed by atoms with Gasteiger partial charge in [-0.2, -0.15) is 0 Å². The maximum Gasteiger partial charge on any atom is 0.488 e. The monoisotopic (exact) mass is 179 g/mol. The van der Waals surface area contributed by atoms with E-state index in [9.17, 15) is 0 Å². The maximum absolute atomic E-state index is 5.60. The lowest BCUT2D eigenvalue weighted by molar-refractivity contribution is -0.185. The molecule has 1 aliphatic heterocycles. The van der Waals surface area contributed by atoms with Gasteiger partial charge in [-0.3, -0.25) is 0 Å². The third kappa shape index (κ3) is 0.828. The Labute approximate surface area is 80.3 Å². The quantitative estimate of drug-likeness (QED) is 0.527. The molecule has 2 bridgehead atoms. The Morgan fingerprint density at radius 3 is 2.77 bits per heavy atom. The molecule has 0 amide bonds. The van der Waals surface area contributed by atoms with Crippen LogP contribution in [0, 0.1) is 17.3 Å². The fraction of sp³-hybridized carbons (Fsp3) is 1.00. The highest BCUT2D eigenvalue weighted by molar-refractivity contribution is 6.19.